The number of rotatable bonds is 6. The Morgan fingerprint density at radius 2 is 1.81 bits per heavy atom. The monoisotopic (exact) mass is 424 g/mol. The van der Waals surface area contributed by atoms with E-state index in [0.29, 0.717) is 28.4 Å². The summed E-state index contributed by atoms with van der Waals surface area (Å²) in [6.07, 6.45) is -0.625. The highest BCUT2D eigenvalue weighted by Crippen LogP contribution is 2.37. The summed E-state index contributed by atoms with van der Waals surface area (Å²) in [6, 6.07) is 16.8. The summed E-state index contributed by atoms with van der Waals surface area (Å²) >= 11 is 0. The maximum atomic E-state index is 14.1. The molecule has 160 valence electrons. The second-order valence-electron chi connectivity index (χ2n) is 6.87. The molecule has 0 fully saturated rings. The van der Waals surface area contributed by atoms with Gasteiger partial charge in [-0.1, -0.05) is 30.3 Å². The number of methoxy groups -OCH3 is 2. The Morgan fingerprint density at radius 3 is 2.55 bits per heavy atom. The van der Waals surface area contributed by atoms with E-state index in [4.69, 9.17) is 23.7 Å². The maximum absolute atomic E-state index is 14.1. The molecule has 1 unspecified atom stereocenters. The Balaban J connectivity index is 1.53. The number of hydrogen-bond donors (Lipinski definition) is 0. The Morgan fingerprint density at radius 1 is 1.03 bits per heavy atom. The first-order valence-electron chi connectivity index (χ1n) is 9.62. The quantitative estimate of drug-likeness (QED) is 0.530. The number of fused-ring (bicyclic) bond motifs is 1. The van der Waals surface area contributed by atoms with E-state index < -0.39 is 18.1 Å². The largest absolute Gasteiger partial charge is 0.493 e. The summed E-state index contributed by atoms with van der Waals surface area (Å²) < 4.78 is 41.7. The minimum absolute atomic E-state index is 0.158. The van der Waals surface area contributed by atoms with E-state index in [9.17, 15) is 9.18 Å². The first-order chi connectivity index (χ1) is 15.1. The second-order valence-corrected chi connectivity index (χ2v) is 6.87. The van der Waals surface area contributed by atoms with Gasteiger partial charge in [0, 0.05) is 16.7 Å². The van der Waals surface area contributed by atoms with Crippen LogP contribution in [0.4, 0.5) is 4.39 Å². The van der Waals surface area contributed by atoms with E-state index in [-0.39, 0.29) is 18.8 Å². The van der Waals surface area contributed by atoms with Gasteiger partial charge < -0.3 is 23.7 Å². The summed E-state index contributed by atoms with van der Waals surface area (Å²) in [5, 5.41) is 0. The Bertz CT molecular complexity index is 1080. The van der Waals surface area contributed by atoms with Gasteiger partial charge in [-0.05, 0) is 30.3 Å². The molecule has 0 bridgehead atoms. The molecule has 4 rings (SSSR count). The van der Waals surface area contributed by atoms with Crippen molar-refractivity contribution in [2.45, 2.75) is 19.5 Å². The molecule has 6 nitrogen and oxygen atoms in total. The fourth-order valence-corrected chi connectivity index (χ4v) is 3.35. The molecule has 0 aromatic heterocycles. The number of carbonyl (C=O) groups is 1. The molecule has 0 N–H and O–H groups in total. The van der Waals surface area contributed by atoms with Crippen molar-refractivity contribution in [2.75, 3.05) is 14.2 Å². The fraction of sp³-hybridized carbons (Fsp3) is 0.208. The van der Waals surface area contributed by atoms with Crippen LogP contribution in [0.15, 0.2) is 60.7 Å². The molecule has 31 heavy (non-hydrogen) atoms. The van der Waals surface area contributed by atoms with Gasteiger partial charge in [-0.25, -0.2) is 9.18 Å². The van der Waals surface area contributed by atoms with Crippen LogP contribution in [-0.4, -0.2) is 20.2 Å². The van der Waals surface area contributed by atoms with E-state index in [0.717, 1.165) is 5.56 Å². The number of ether oxygens (including phenoxy) is 5. The van der Waals surface area contributed by atoms with Crippen molar-refractivity contribution in [3.63, 3.8) is 0 Å². The third-order valence-corrected chi connectivity index (χ3v) is 4.87. The zero-order chi connectivity index (χ0) is 21.8. The molecule has 0 saturated carbocycles. The molecule has 0 amide bonds. The van der Waals surface area contributed by atoms with Gasteiger partial charge in [-0.3, -0.25) is 0 Å². The lowest BCUT2D eigenvalue weighted by atomic mass is 10.1. The Hall–Kier alpha value is -3.58. The molecule has 7 heteroatoms. The molecule has 3 aromatic carbocycles. The maximum Gasteiger partial charge on any atom is 0.338 e. The number of halogens is 1. The number of esters is 1. The van der Waals surface area contributed by atoms with Gasteiger partial charge in [0.25, 0.3) is 0 Å². The molecular formula is C24H21FO6. The predicted molar refractivity (Wildman–Crippen MR) is 110 cm³/mol. The molecule has 0 aliphatic carbocycles. The molecule has 1 heterocycles. The highest BCUT2D eigenvalue weighted by atomic mass is 19.1. The van der Waals surface area contributed by atoms with Crippen molar-refractivity contribution in [1.82, 2.24) is 0 Å². The van der Waals surface area contributed by atoms with Crippen LogP contribution < -0.4 is 14.2 Å². The van der Waals surface area contributed by atoms with Crippen molar-refractivity contribution in [3.05, 3.63) is 88.7 Å². The number of carbonyl (C=O) groups excluding carboxylic acids is 1. The lowest BCUT2D eigenvalue weighted by Crippen LogP contribution is -2.20. The second kappa shape index (κ2) is 9.06. The van der Waals surface area contributed by atoms with Gasteiger partial charge in [0.15, 0.2) is 11.5 Å². The SMILES string of the molecule is COc1ccc(C(=O)OCc2cc(F)cc3c2OC(c2ccccc2)OC3)cc1OC. The summed E-state index contributed by atoms with van der Waals surface area (Å²) in [7, 11) is 2.99. The topological polar surface area (TPSA) is 63.2 Å². The van der Waals surface area contributed by atoms with Crippen LogP contribution in [0.1, 0.15) is 33.3 Å². The van der Waals surface area contributed by atoms with Crippen LogP contribution >= 0.6 is 0 Å². The standard InChI is InChI=1S/C24H21FO6/c1-27-20-9-8-16(12-21(20)28-2)23(26)29-13-17-10-19(25)11-18-14-30-24(31-22(17)18)15-6-4-3-5-7-15/h3-12,24H,13-14H2,1-2H3. The number of hydrogen-bond acceptors (Lipinski definition) is 6. The van der Waals surface area contributed by atoms with Crippen molar-refractivity contribution in [1.29, 1.82) is 0 Å². The van der Waals surface area contributed by atoms with E-state index >= 15 is 0 Å². The van der Waals surface area contributed by atoms with E-state index in [2.05, 4.69) is 0 Å². The van der Waals surface area contributed by atoms with Crippen molar-refractivity contribution in [2.24, 2.45) is 0 Å². The van der Waals surface area contributed by atoms with E-state index in [1.54, 1.807) is 12.1 Å². The highest BCUT2D eigenvalue weighted by molar-refractivity contribution is 5.90. The van der Waals surface area contributed by atoms with Crippen molar-refractivity contribution < 1.29 is 32.9 Å². The predicted octanol–water partition coefficient (Wildman–Crippen LogP) is 4.81. The van der Waals surface area contributed by atoms with Crippen LogP contribution in [0.5, 0.6) is 17.2 Å². The molecule has 0 radical (unpaired) electrons. The average molecular weight is 424 g/mol. The fourth-order valence-electron chi connectivity index (χ4n) is 3.35. The summed E-state index contributed by atoms with van der Waals surface area (Å²) in [5.41, 5.74) is 2.11. The van der Waals surface area contributed by atoms with Gasteiger partial charge >= 0.3 is 5.97 Å². The lowest BCUT2D eigenvalue weighted by molar-refractivity contribution is -0.112. The van der Waals surface area contributed by atoms with Crippen LogP contribution in [0.25, 0.3) is 0 Å². The molecule has 0 spiro atoms. The van der Waals surface area contributed by atoms with Crippen molar-refractivity contribution >= 4 is 5.97 Å². The summed E-state index contributed by atoms with van der Waals surface area (Å²) in [6.45, 7) is 0.0259. The first-order valence-corrected chi connectivity index (χ1v) is 9.62. The molecular weight excluding hydrogens is 403 g/mol. The van der Waals surface area contributed by atoms with Crippen LogP contribution in [0, 0.1) is 5.82 Å². The normalized spacial score (nSPS) is 14.9. The zero-order valence-electron chi connectivity index (χ0n) is 17.1. The zero-order valence-corrected chi connectivity index (χ0v) is 17.1. The average Bonchev–Trinajstić information content (AvgIpc) is 2.82. The molecule has 3 aromatic rings. The van der Waals surface area contributed by atoms with Gasteiger partial charge in [0.1, 0.15) is 18.2 Å². The van der Waals surface area contributed by atoms with Crippen molar-refractivity contribution in [3.8, 4) is 17.2 Å². The molecule has 1 aliphatic heterocycles. The van der Waals surface area contributed by atoms with E-state index in [1.165, 1.54) is 32.4 Å². The molecule has 0 saturated heterocycles. The minimum atomic E-state index is -0.625. The third kappa shape index (κ3) is 4.46. The van der Waals surface area contributed by atoms with Crippen LogP contribution in [0.3, 0.4) is 0 Å². The van der Waals surface area contributed by atoms with Gasteiger partial charge in [0.2, 0.25) is 6.29 Å². The van der Waals surface area contributed by atoms with Crippen LogP contribution in [-0.2, 0) is 22.7 Å². The van der Waals surface area contributed by atoms with Gasteiger partial charge in [-0.2, -0.15) is 0 Å². The lowest BCUT2D eigenvalue weighted by Gasteiger charge is -2.28. The number of benzene rings is 3. The van der Waals surface area contributed by atoms with Gasteiger partial charge in [-0.15, -0.1) is 0 Å². The van der Waals surface area contributed by atoms with E-state index in [1.807, 2.05) is 30.3 Å². The first kappa shape index (κ1) is 20.7. The Kier molecular flexibility index (Phi) is 6.04. The molecule has 1 atom stereocenters. The molecule has 1 aliphatic rings. The smallest absolute Gasteiger partial charge is 0.338 e. The summed E-state index contributed by atoms with van der Waals surface area (Å²) in [4.78, 5) is 12.5. The van der Waals surface area contributed by atoms with Gasteiger partial charge in [0.05, 0.1) is 26.4 Å². The third-order valence-electron chi connectivity index (χ3n) is 4.87. The Labute approximate surface area is 179 Å². The van der Waals surface area contributed by atoms with Crippen LogP contribution in [0.2, 0.25) is 0 Å². The summed E-state index contributed by atoms with van der Waals surface area (Å²) in [5.74, 6) is 0.332. The minimum Gasteiger partial charge on any atom is -0.493 e. The highest BCUT2D eigenvalue weighted by Gasteiger charge is 2.26.